The number of carbonyl (C=O) groups is 1. The summed E-state index contributed by atoms with van der Waals surface area (Å²) >= 11 is 0. The summed E-state index contributed by atoms with van der Waals surface area (Å²) in [4.78, 5) is 15.6. The standard InChI is InChI=1S/C23H25FN4O2/c24-19-8-6-17(7-9-19)21-20(23(25)27-26-21)22(29)18-5-1-3-16(15-18)4-2-10-28-11-13-30-14-12-28/h1,3,5-9,15H,2,4,10-14H2,(H3,25,26,27). The van der Waals surface area contributed by atoms with Crippen LogP contribution in [0.5, 0.6) is 0 Å². The Labute approximate surface area is 174 Å². The van der Waals surface area contributed by atoms with Crippen LogP contribution in [0.1, 0.15) is 27.9 Å². The number of H-pyrrole nitrogens is 1. The number of aromatic nitrogens is 2. The van der Waals surface area contributed by atoms with Gasteiger partial charge in [0.1, 0.15) is 5.82 Å². The highest BCUT2D eigenvalue weighted by Crippen LogP contribution is 2.28. The first-order valence-electron chi connectivity index (χ1n) is 10.2. The maximum Gasteiger partial charge on any atom is 0.198 e. The quantitative estimate of drug-likeness (QED) is 0.586. The third kappa shape index (κ3) is 4.58. The molecule has 0 aliphatic carbocycles. The fourth-order valence-corrected chi connectivity index (χ4v) is 3.76. The van der Waals surface area contributed by atoms with E-state index in [-0.39, 0.29) is 17.4 Å². The van der Waals surface area contributed by atoms with Gasteiger partial charge in [0.15, 0.2) is 11.6 Å². The Morgan fingerprint density at radius 2 is 1.93 bits per heavy atom. The van der Waals surface area contributed by atoms with Crippen LogP contribution in [0.3, 0.4) is 0 Å². The van der Waals surface area contributed by atoms with E-state index in [1.807, 2.05) is 18.2 Å². The van der Waals surface area contributed by atoms with Crippen molar-refractivity contribution in [3.63, 3.8) is 0 Å². The summed E-state index contributed by atoms with van der Waals surface area (Å²) in [5.41, 5.74) is 9.14. The molecule has 0 bridgehead atoms. The first-order chi connectivity index (χ1) is 14.6. The van der Waals surface area contributed by atoms with Crippen molar-refractivity contribution in [2.75, 3.05) is 38.6 Å². The average Bonchev–Trinajstić information content (AvgIpc) is 3.16. The van der Waals surface area contributed by atoms with Gasteiger partial charge in [0.05, 0.1) is 24.5 Å². The number of nitrogens with zero attached hydrogens (tertiary/aromatic N) is 2. The number of ketones is 1. The first kappa shape index (κ1) is 20.3. The minimum Gasteiger partial charge on any atom is -0.382 e. The second-order valence-electron chi connectivity index (χ2n) is 7.45. The van der Waals surface area contributed by atoms with Crippen LogP contribution in [-0.4, -0.2) is 53.7 Å². The fraction of sp³-hybridized carbons (Fsp3) is 0.304. The second-order valence-corrected chi connectivity index (χ2v) is 7.45. The van der Waals surface area contributed by atoms with E-state index in [1.54, 1.807) is 18.2 Å². The van der Waals surface area contributed by atoms with Gasteiger partial charge in [-0.2, -0.15) is 5.10 Å². The van der Waals surface area contributed by atoms with Gasteiger partial charge < -0.3 is 10.5 Å². The third-order valence-electron chi connectivity index (χ3n) is 5.39. The zero-order chi connectivity index (χ0) is 20.9. The molecule has 0 radical (unpaired) electrons. The molecule has 30 heavy (non-hydrogen) atoms. The molecule has 4 rings (SSSR count). The Kier molecular flexibility index (Phi) is 6.21. The lowest BCUT2D eigenvalue weighted by molar-refractivity contribution is 0.0374. The normalized spacial score (nSPS) is 14.7. The van der Waals surface area contributed by atoms with Gasteiger partial charge in [-0.05, 0) is 55.3 Å². The highest BCUT2D eigenvalue weighted by molar-refractivity contribution is 6.15. The number of nitrogens with two attached hydrogens (primary N) is 1. The molecule has 2 heterocycles. The Bertz CT molecular complexity index is 1010. The summed E-state index contributed by atoms with van der Waals surface area (Å²) in [5, 5.41) is 6.82. The molecule has 0 saturated carbocycles. The molecule has 1 saturated heterocycles. The summed E-state index contributed by atoms with van der Waals surface area (Å²) in [6, 6.07) is 13.5. The minimum absolute atomic E-state index is 0.136. The SMILES string of the molecule is Nc1n[nH]c(-c2ccc(F)cc2)c1C(=O)c1cccc(CCCN2CCOCC2)c1. The Hall–Kier alpha value is -3.03. The maximum atomic E-state index is 13.3. The third-order valence-corrected chi connectivity index (χ3v) is 5.39. The van der Waals surface area contributed by atoms with E-state index in [9.17, 15) is 9.18 Å². The monoisotopic (exact) mass is 408 g/mol. The number of anilines is 1. The smallest absolute Gasteiger partial charge is 0.198 e. The molecule has 7 heteroatoms. The second kappa shape index (κ2) is 9.19. The van der Waals surface area contributed by atoms with Crippen LogP contribution in [0, 0.1) is 5.82 Å². The number of halogens is 1. The number of nitrogen functional groups attached to an aromatic ring is 1. The molecule has 1 fully saturated rings. The predicted molar refractivity (Wildman–Crippen MR) is 114 cm³/mol. The first-order valence-corrected chi connectivity index (χ1v) is 10.2. The minimum atomic E-state index is -0.344. The average molecular weight is 408 g/mol. The van der Waals surface area contributed by atoms with Crippen LogP contribution in [0.15, 0.2) is 48.5 Å². The molecular weight excluding hydrogens is 383 g/mol. The number of morpholine rings is 1. The number of hydrogen-bond donors (Lipinski definition) is 2. The molecule has 1 aromatic heterocycles. The van der Waals surface area contributed by atoms with Gasteiger partial charge in [0.25, 0.3) is 0 Å². The van der Waals surface area contributed by atoms with E-state index >= 15 is 0 Å². The molecule has 0 spiro atoms. The van der Waals surface area contributed by atoms with Gasteiger partial charge in [-0.25, -0.2) is 4.39 Å². The lowest BCUT2D eigenvalue weighted by atomic mass is 9.97. The maximum absolute atomic E-state index is 13.3. The summed E-state index contributed by atoms with van der Waals surface area (Å²) < 4.78 is 18.7. The highest BCUT2D eigenvalue weighted by atomic mass is 19.1. The highest BCUT2D eigenvalue weighted by Gasteiger charge is 2.21. The lowest BCUT2D eigenvalue weighted by Crippen LogP contribution is -2.36. The molecule has 3 aromatic rings. The van der Waals surface area contributed by atoms with E-state index in [0.717, 1.165) is 51.3 Å². The number of aromatic amines is 1. The number of nitrogens with one attached hydrogen (secondary N) is 1. The molecule has 0 amide bonds. The predicted octanol–water partition coefficient (Wildman–Crippen LogP) is 3.29. The van der Waals surface area contributed by atoms with Crippen molar-refractivity contribution in [2.45, 2.75) is 12.8 Å². The van der Waals surface area contributed by atoms with E-state index < -0.39 is 0 Å². The van der Waals surface area contributed by atoms with Gasteiger partial charge in [0, 0.05) is 24.2 Å². The van der Waals surface area contributed by atoms with Crippen LogP contribution in [0.25, 0.3) is 11.3 Å². The fourth-order valence-electron chi connectivity index (χ4n) is 3.76. The number of ether oxygens (including phenoxy) is 1. The zero-order valence-electron chi connectivity index (χ0n) is 16.7. The van der Waals surface area contributed by atoms with E-state index in [4.69, 9.17) is 10.5 Å². The van der Waals surface area contributed by atoms with Crippen molar-refractivity contribution in [2.24, 2.45) is 0 Å². The van der Waals surface area contributed by atoms with Gasteiger partial charge in [-0.15, -0.1) is 0 Å². The van der Waals surface area contributed by atoms with E-state index in [2.05, 4.69) is 15.1 Å². The molecule has 3 N–H and O–H groups in total. The Morgan fingerprint density at radius 3 is 2.70 bits per heavy atom. The molecule has 2 aromatic carbocycles. The molecule has 0 unspecified atom stereocenters. The van der Waals surface area contributed by atoms with Gasteiger partial charge in [0.2, 0.25) is 0 Å². The molecule has 0 atom stereocenters. The van der Waals surface area contributed by atoms with Crippen molar-refractivity contribution < 1.29 is 13.9 Å². The lowest BCUT2D eigenvalue weighted by Gasteiger charge is -2.26. The van der Waals surface area contributed by atoms with Crippen LogP contribution in [0.2, 0.25) is 0 Å². The molecular formula is C23H25FN4O2. The van der Waals surface area contributed by atoms with Gasteiger partial charge >= 0.3 is 0 Å². The number of rotatable bonds is 7. The number of hydrogen-bond acceptors (Lipinski definition) is 5. The Balaban J connectivity index is 1.49. The molecule has 156 valence electrons. The summed E-state index contributed by atoms with van der Waals surface area (Å²) in [5.74, 6) is -0.406. The van der Waals surface area contributed by atoms with Crippen LogP contribution < -0.4 is 5.73 Å². The van der Waals surface area contributed by atoms with Crippen molar-refractivity contribution in [1.82, 2.24) is 15.1 Å². The van der Waals surface area contributed by atoms with Crippen molar-refractivity contribution in [3.8, 4) is 11.3 Å². The Morgan fingerprint density at radius 1 is 1.17 bits per heavy atom. The van der Waals surface area contributed by atoms with Crippen molar-refractivity contribution >= 4 is 11.6 Å². The van der Waals surface area contributed by atoms with Gasteiger partial charge in [-0.3, -0.25) is 14.8 Å². The number of aryl methyl sites for hydroxylation is 1. The van der Waals surface area contributed by atoms with Crippen molar-refractivity contribution in [3.05, 3.63) is 71.0 Å². The van der Waals surface area contributed by atoms with Gasteiger partial charge in [-0.1, -0.05) is 18.2 Å². The number of carbonyl (C=O) groups excluding carboxylic acids is 1. The molecule has 1 aliphatic rings. The summed E-state index contributed by atoms with van der Waals surface area (Å²) in [6.07, 6.45) is 1.91. The summed E-state index contributed by atoms with van der Waals surface area (Å²) in [7, 11) is 0. The van der Waals surface area contributed by atoms with Crippen molar-refractivity contribution in [1.29, 1.82) is 0 Å². The largest absolute Gasteiger partial charge is 0.382 e. The molecule has 6 nitrogen and oxygen atoms in total. The molecule has 1 aliphatic heterocycles. The number of benzene rings is 2. The van der Waals surface area contributed by atoms with Crippen LogP contribution in [-0.2, 0) is 11.2 Å². The topological polar surface area (TPSA) is 84.2 Å². The van der Waals surface area contributed by atoms with Crippen LogP contribution >= 0.6 is 0 Å². The summed E-state index contributed by atoms with van der Waals surface area (Å²) in [6.45, 7) is 4.57. The van der Waals surface area contributed by atoms with E-state index in [0.29, 0.717) is 22.4 Å². The van der Waals surface area contributed by atoms with Crippen LogP contribution in [0.4, 0.5) is 10.2 Å². The van der Waals surface area contributed by atoms with E-state index in [1.165, 1.54) is 12.1 Å². The zero-order valence-corrected chi connectivity index (χ0v) is 16.7.